The van der Waals surface area contributed by atoms with E-state index in [1.165, 1.54) is 16.8 Å². The van der Waals surface area contributed by atoms with Gasteiger partial charge in [-0.05, 0) is 12.1 Å². The molecule has 1 aliphatic rings. The molecule has 9 heteroatoms. The number of aromatic amines is 1. The Morgan fingerprint density at radius 2 is 1.59 bits per heavy atom. The van der Waals surface area contributed by atoms with Crippen LogP contribution in [0.25, 0.3) is 11.3 Å². The van der Waals surface area contributed by atoms with Crippen LogP contribution in [-0.4, -0.2) is 30.3 Å². The maximum absolute atomic E-state index is 5.36. The van der Waals surface area contributed by atoms with E-state index >= 15 is 0 Å². The summed E-state index contributed by atoms with van der Waals surface area (Å²) in [4.78, 5) is 0. The van der Waals surface area contributed by atoms with Gasteiger partial charge in [-0.25, -0.2) is 0 Å². The zero-order valence-electron chi connectivity index (χ0n) is 12.5. The average molecular weight is 354 g/mol. The highest BCUT2D eigenvalue weighted by Crippen LogP contribution is 2.44. The molecule has 0 aliphatic heterocycles. The van der Waals surface area contributed by atoms with Gasteiger partial charge in [0.05, 0.1) is 26.0 Å². The minimum Gasteiger partial charge on any atom is -1.00 e. The maximum atomic E-state index is 5.36. The summed E-state index contributed by atoms with van der Waals surface area (Å²) in [6, 6.07) is 4.17. The van der Waals surface area contributed by atoms with Gasteiger partial charge in [0.25, 0.3) is 0 Å². The Labute approximate surface area is 140 Å². The summed E-state index contributed by atoms with van der Waals surface area (Å²) in [5.41, 5.74) is 8.96. The van der Waals surface area contributed by atoms with Crippen molar-refractivity contribution in [1.29, 1.82) is 0 Å². The number of aryl methyl sites for hydroxylation is 1. The van der Waals surface area contributed by atoms with Crippen LogP contribution < -0.4 is 44.7 Å². The van der Waals surface area contributed by atoms with Gasteiger partial charge in [-0.3, -0.25) is 0 Å². The zero-order chi connectivity index (χ0) is 12.9. The molecular weight excluding hydrogens is 333 g/mol. The predicted molar refractivity (Wildman–Crippen MR) is 72.5 cm³/mol. The molecule has 0 bridgehead atoms. The lowest BCUT2D eigenvalue weighted by molar-refractivity contribution is -0.716. The number of fused-ring (bicyclic) bond motifs is 3. The van der Waals surface area contributed by atoms with Crippen molar-refractivity contribution < 1.29 is 55.7 Å². The van der Waals surface area contributed by atoms with Gasteiger partial charge < -0.3 is 51.0 Å². The second-order valence-electron chi connectivity index (χ2n) is 4.48. The van der Waals surface area contributed by atoms with Crippen LogP contribution in [0.15, 0.2) is 18.3 Å². The molecule has 0 saturated heterocycles. The smallest absolute Gasteiger partial charge is 0.248 e. The van der Waals surface area contributed by atoms with Crippen LogP contribution in [0.4, 0.5) is 0 Å². The van der Waals surface area contributed by atoms with Crippen LogP contribution in [0, 0.1) is 0 Å². The zero-order valence-corrected chi connectivity index (χ0v) is 14.0. The molecule has 1 aliphatic carbocycles. The number of nitrogens with zero attached hydrogens (tertiary/aromatic N) is 1. The molecule has 1 heterocycles. The Kier molecular flexibility index (Phi) is 8.50. The van der Waals surface area contributed by atoms with Crippen molar-refractivity contribution in [2.24, 2.45) is 7.05 Å². The van der Waals surface area contributed by atoms with Crippen LogP contribution in [0.3, 0.4) is 0 Å². The predicted octanol–water partition coefficient (Wildman–Crippen LogP) is -7.47. The van der Waals surface area contributed by atoms with E-state index in [0.29, 0.717) is 0 Å². The van der Waals surface area contributed by atoms with Crippen molar-refractivity contribution in [2.75, 3.05) is 14.2 Å². The number of rotatable bonds is 2. The van der Waals surface area contributed by atoms with Crippen LogP contribution >= 0.6 is 0 Å². The summed E-state index contributed by atoms with van der Waals surface area (Å²) in [6.07, 6.45) is 2.01. The molecule has 1 aromatic carbocycles. The van der Waals surface area contributed by atoms with Gasteiger partial charge >= 0.3 is 0 Å². The maximum Gasteiger partial charge on any atom is 0.248 e. The first-order valence-electron chi connectivity index (χ1n) is 5.84. The van der Waals surface area contributed by atoms with Crippen LogP contribution in [0.1, 0.15) is 17.2 Å². The fraction of sp³-hybridized carbons (Fsp3) is 0.308. The Morgan fingerprint density at radius 1 is 1.05 bits per heavy atom. The van der Waals surface area contributed by atoms with E-state index in [1.807, 2.05) is 30.1 Å². The highest BCUT2D eigenvalue weighted by molar-refractivity contribution is 5.75. The van der Waals surface area contributed by atoms with Gasteiger partial charge in [0, 0.05) is 5.56 Å². The molecule has 0 radical (unpaired) electrons. The van der Waals surface area contributed by atoms with Crippen LogP contribution in [-0.2, 0) is 7.05 Å². The minimum atomic E-state index is 0. The normalized spacial score (nSPS) is 13.4. The van der Waals surface area contributed by atoms with E-state index in [-0.39, 0.29) is 41.8 Å². The summed E-state index contributed by atoms with van der Waals surface area (Å²) in [5.74, 6) is 1.50. The Bertz CT molecular complexity index is 634. The Morgan fingerprint density at radius 3 is 2.14 bits per heavy atom. The van der Waals surface area contributed by atoms with Gasteiger partial charge in [0.1, 0.15) is 11.6 Å². The summed E-state index contributed by atoms with van der Waals surface area (Å²) in [5, 5.41) is 3.18. The van der Waals surface area contributed by atoms with Crippen molar-refractivity contribution in [2.45, 2.75) is 6.04 Å². The van der Waals surface area contributed by atoms with Gasteiger partial charge in [-0.2, -0.15) is 5.10 Å². The lowest BCUT2D eigenvalue weighted by atomic mass is 10.1. The average Bonchev–Trinajstić information content (AvgIpc) is 2.89. The van der Waals surface area contributed by atoms with Gasteiger partial charge in [0.2, 0.25) is 5.69 Å². The van der Waals surface area contributed by atoms with Crippen molar-refractivity contribution in [3.05, 3.63) is 29.5 Å². The molecule has 2 aromatic rings. The van der Waals surface area contributed by atoms with E-state index in [4.69, 9.17) is 9.47 Å². The second kappa shape index (κ2) is 8.21. The Balaban J connectivity index is 0. The number of methoxy groups -OCH3 is 2. The SMILES string of the molecule is COc1cc2c(cc1OC)[C@@H]([NH3+])c1c[nH][n+](C)c1-2.O.O.[Cl-].[Cl-]. The molecule has 0 spiro atoms. The number of hydrogen-bond donors (Lipinski definition) is 2. The molecule has 0 fully saturated rings. The number of H-pyrrole nitrogens is 1. The number of nitrogens with one attached hydrogen (secondary N) is 1. The van der Waals surface area contributed by atoms with Crippen molar-refractivity contribution in [1.82, 2.24) is 5.10 Å². The van der Waals surface area contributed by atoms with E-state index in [2.05, 4.69) is 10.8 Å². The molecule has 1 aromatic heterocycles. The molecule has 0 saturated carbocycles. The molecule has 8 N–H and O–H groups in total. The number of ether oxygens (including phenoxy) is 2. The van der Waals surface area contributed by atoms with Gasteiger partial charge in [-0.15, -0.1) is 4.68 Å². The third-order valence-corrected chi connectivity index (χ3v) is 3.58. The standard InChI is InChI=1S/C13H15N3O2.2ClH.2H2O/c1-16-13-8-5-11(18-3)10(17-2)4-7(8)12(14)9(13)6-15-16;;;;/h4-6,12H,14H2,1-3H3;2*1H;2*1H2/t12-;;;;/m1..../s1. The second-order valence-corrected chi connectivity index (χ2v) is 4.48. The number of halogens is 2. The Hall–Kier alpha value is -1.51. The quantitative estimate of drug-likeness (QED) is 0.520. The molecule has 7 nitrogen and oxygen atoms in total. The highest BCUT2D eigenvalue weighted by Gasteiger charge is 2.38. The fourth-order valence-corrected chi connectivity index (χ4v) is 2.65. The molecule has 3 rings (SSSR count). The summed E-state index contributed by atoms with van der Waals surface area (Å²) >= 11 is 0. The number of hydrogen-bond acceptors (Lipinski definition) is 2. The monoisotopic (exact) mass is 353 g/mol. The fourth-order valence-electron chi connectivity index (χ4n) is 2.65. The van der Waals surface area contributed by atoms with Gasteiger partial charge in [0.15, 0.2) is 18.5 Å². The van der Waals surface area contributed by atoms with Crippen LogP contribution in [0.2, 0.25) is 0 Å². The number of aromatic nitrogens is 2. The van der Waals surface area contributed by atoms with Crippen LogP contribution in [0.5, 0.6) is 11.5 Å². The van der Waals surface area contributed by atoms with Crippen molar-refractivity contribution in [3.63, 3.8) is 0 Å². The molecule has 126 valence electrons. The lowest BCUT2D eigenvalue weighted by Gasteiger charge is -2.10. The van der Waals surface area contributed by atoms with Crippen molar-refractivity contribution >= 4 is 0 Å². The first-order valence-corrected chi connectivity index (χ1v) is 5.84. The molecule has 1 atom stereocenters. The molecule has 22 heavy (non-hydrogen) atoms. The van der Waals surface area contributed by atoms with E-state index < -0.39 is 0 Å². The third-order valence-electron chi connectivity index (χ3n) is 3.58. The lowest BCUT2D eigenvalue weighted by Crippen LogP contribution is -3.00. The van der Waals surface area contributed by atoms with Crippen molar-refractivity contribution in [3.8, 4) is 22.8 Å². The minimum absolute atomic E-state index is 0. The highest BCUT2D eigenvalue weighted by atomic mass is 35.5. The van der Waals surface area contributed by atoms with E-state index in [9.17, 15) is 0 Å². The first-order chi connectivity index (χ1) is 8.67. The molecular formula is C13H21Cl2N3O4. The van der Waals surface area contributed by atoms with Gasteiger partial charge in [-0.1, -0.05) is 0 Å². The molecule has 0 amide bonds. The summed E-state index contributed by atoms with van der Waals surface area (Å²) in [7, 11) is 5.30. The van der Waals surface area contributed by atoms with E-state index in [1.54, 1.807) is 14.2 Å². The largest absolute Gasteiger partial charge is 1.00 e. The number of quaternary nitrogens is 1. The molecule has 0 unspecified atom stereocenters. The van der Waals surface area contributed by atoms with E-state index in [0.717, 1.165) is 17.1 Å². The third kappa shape index (κ3) is 2.99. The summed E-state index contributed by atoms with van der Waals surface area (Å²) in [6.45, 7) is 0. The first kappa shape index (κ1) is 22.8. The topological polar surface area (TPSA) is 129 Å². The number of benzene rings is 1. The summed E-state index contributed by atoms with van der Waals surface area (Å²) < 4.78 is 12.7.